The second-order valence-corrected chi connectivity index (χ2v) is 8.09. The zero-order chi connectivity index (χ0) is 20.9. The Morgan fingerprint density at radius 2 is 1.69 bits per heavy atom. The number of fused-ring (bicyclic) bond motifs is 1. The summed E-state index contributed by atoms with van der Waals surface area (Å²) in [6.07, 6.45) is 0.137. The predicted octanol–water partition coefficient (Wildman–Crippen LogP) is 4.72. The number of anilines is 1. The average molecular weight is 387 g/mol. The second kappa shape index (κ2) is 6.99. The third-order valence-electron chi connectivity index (χ3n) is 5.52. The normalized spacial score (nSPS) is 15.8. The van der Waals surface area contributed by atoms with Gasteiger partial charge in [0.2, 0.25) is 5.91 Å². The number of nitrogens with zero attached hydrogens (tertiary/aromatic N) is 2. The van der Waals surface area contributed by atoms with E-state index in [-0.39, 0.29) is 18.1 Å². The maximum atomic E-state index is 13.4. The van der Waals surface area contributed by atoms with Gasteiger partial charge in [0.1, 0.15) is 5.82 Å². The highest BCUT2D eigenvalue weighted by molar-refractivity contribution is 6.08. The van der Waals surface area contributed by atoms with Gasteiger partial charge in [0.15, 0.2) is 5.78 Å². The molecule has 0 aliphatic carbocycles. The van der Waals surface area contributed by atoms with Crippen molar-refractivity contribution in [2.24, 2.45) is 0 Å². The van der Waals surface area contributed by atoms with Crippen molar-refractivity contribution in [2.45, 2.75) is 47.0 Å². The molecule has 1 aliphatic heterocycles. The molecule has 2 heterocycles. The summed E-state index contributed by atoms with van der Waals surface area (Å²) in [6, 6.07) is 12.0. The van der Waals surface area contributed by atoms with Gasteiger partial charge in [0.25, 0.3) is 0 Å². The maximum absolute atomic E-state index is 13.4. The number of rotatable bonds is 3. The lowest BCUT2D eigenvalue weighted by Crippen LogP contribution is -2.28. The Morgan fingerprint density at radius 3 is 2.34 bits per heavy atom. The number of Topliss-reactive ketones (excluding diaryl/α,β-unsaturated/α-hetero) is 1. The number of carbonyl (C=O) groups excluding carboxylic acids is 2. The van der Waals surface area contributed by atoms with Crippen LogP contribution >= 0.6 is 0 Å². The molecule has 148 valence electrons. The Hall–Kier alpha value is -3.21. The van der Waals surface area contributed by atoms with E-state index >= 15 is 0 Å². The van der Waals surface area contributed by atoms with Gasteiger partial charge < -0.3 is 5.32 Å². The first kappa shape index (κ1) is 19.1. The van der Waals surface area contributed by atoms with Crippen LogP contribution in [0, 0.1) is 34.6 Å². The lowest BCUT2D eigenvalue weighted by molar-refractivity contribution is -0.116. The molecule has 1 N–H and O–H groups in total. The van der Waals surface area contributed by atoms with E-state index in [0.717, 1.165) is 39.2 Å². The molecule has 0 bridgehead atoms. The van der Waals surface area contributed by atoms with E-state index in [2.05, 4.69) is 11.4 Å². The van der Waals surface area contributed by atoms with Crippen molar-refractivity contribution in [1.82, 2.24) is 9.78 Å². The summed E-state index contributed by atoms with van der Waals surface area (Å²) in [5.74, 6) is -0.112. The zero-order valence-corrected chi connectivity index (χ0v) is 17.5. The van der Waals surface area contributed by atoms with E-state index in [1.165, 1.54) is 0 Å². The highest BCUT2D eigenvalue weighted by Crippen LogP contribution is 2.38. The lowest BCUT2D eigenvalue weighted by Gasteiger charge is -2.24. The smallest absolute Gasteiger partial charge is 0.226 e. The molecule has 5 nitrogen and oxygen atoms in total. The van der Waals surface area contributed by atoms with Crippen molar-refractivity contribution >= 4 is 17.5 Å². The molecule has 2 aromatic carbocycles. The monoisotopic (exact) mass is 387 g/mol. The van der Waals surface area contributed by atoms with E-state index < -0.39 is 5.92 Å². The number of aromatic nitrogens is 2. The van der Waals surface area contributed by atoms with Crippen LogP contribution in [-0.2, 0) is 4.79 Å². The van der Waals surface area contributed by atoms with Crippen molar-refractivity contribution in [3.63, 3.8) is 0 Å². The number of hydrogen-bond acceptors (Lipinski definition) is 3. The fourth-order valence-electron chi connectivity index (χ4n) is 4.31. The van der Waals surface area contributed by atoms with E-state index in [4.69, 9.17) is 5.10 Å². The van der Waals surface area contributed by atoms with Gasteiger partial charge in [-0.05, 0) is 63.4 Å². The molecule has 0 unspecified atom stereocenters. The first-order chi connectivity index (χ1) is 13.7. The zero-order valence-electron chi connectivity index (χ0n) is 17.5. The van der Waals surface area contributed by atoms with Crippen LogP contribution < -0.4 is 5.32 Å². The maximum Gasteiger partial charge on any atom is 0.226 e. The standard InChI is InChI=1S/C24H25N3O2/c1-13-6-7-19(16(4)9-13)23(29)20-12-21(28)25-24-22(20)17(5)26-27(24)18-10-14(2)8-15(3)11-18/h6-11,20H,12H2,1-5H3,(H,25,28)/t20-/m0/s1. The van der Waals surface area contributed by atoms with Crippen molar-refractivity contribution < 1.29 is 9.59 Å². The van der Waals surface area contributed by atoms with Gasteiger partial charge >= 0.3 is 0 Å². The number of benzene rings is 2. The fraction of sp³-hybridized carbons (Fsp3) is 0.292. The Labute approximate surface area is 170 Å². The molecule has 4 rings (SSSR count). The molecule has 1 aromatic heterocycles. The van der Waals surface area contributed by atoms with Crippen molar-refractivity contribution in [3.8, 4) is 5.69 Å². The summed E-state index contributed by atoms with van der Waals surface area (Å²) < 4.78 is 1.75. The predicted molar refractivity (Wildman–Crippen MR) is 114 cm³/mol. The fourth-order valence-corrected chi connectivity index (χ4v) is 4.31. The summed E-state index contributed by atoms with van der Waals surface area (Å²) in [6.45, 7) is 9.91. The molecule has 0 radical (unpaired) electrons. The van der Waals surface area contributed by atoms with E-state index in [1.807, 2.05) is 65.0 Å². The second-order valence-electron chi connectivity index (χ2n) is 8.09. The van der Waals surface area contributed by atoms with Crippen molar-refractivity contribution in [1.29, 1.82) is 0 Å². The Bertz CT molecular complexity index is 1140. The van der Waals surface area contributed by atoms with Crippen molar-refractivity contribution in [2.75, 3.05) is 5.32 Å². The van der Waals surface area contributed by atoms with E-state index in [9.17, 15) is 9.59 Å². The number of hydrogen-bond donors (Lipinski definition) is 1. The number of amides is 1. The first-order valence-electron chi connectivity index (χ1n) is 9.84. The molecule has 0 fully saturated rings. The molecule has 0 saturated carbocycles. The molecule has 3 aromatic rings. The SMILES string of the molecule is Cc1cc(C)cc(-n2nc(C)c3c2NC(=O)C[C@@H]3C(=O)c2ccc(C)cc2C)c1. The van der Waals surface area contributed by atoms with Crippen LogP contribution in [0.2, 0.25) is 0 Å². The number of aryl methyl sites for hydroxylation is 5. The summed E-state index contributed by atoms with van der Waals surface area (Å²) in [5.41, 5.74) is 7.41. The Kier molecular flexibility index (Phi) is 4.61. The van der Waals surface area contributed by atoms with Crippen LogP contribution in [0.15, 0.2) is 36.4 Å². The molecule has 1 atom stereocenters. The highest BCUT2D eigenvalue weighted by atomic mass is 16.2. The van der Waals surface area contributed by atoms with Gasteiger partial charge in [-0.1, -0.05) is 29.8 Å². The molecule has 1 amide bonds. The topological polar surface area (TPSA) is 64.0 Å². The lowest BCUT2D eigenvalue weighted by atomic mass is 9.84. The third kappa shape index (κ3) is 3.37. The van der Waals surface area contributed by atoms with Gasteiger partial charge in [-0.15, -0.1) is 0 Å². The number of ketones is 1. The minimum absolute atomic E-state index is 0.0262. The summed E-state index contributed by atoms with van der Waals surface area (Å²) in [5, 5.41) is 7.65. The largest absolute Gasteiger partial charge is 0.310 e. The molecule has 5 heteroatoms. The van der Waals surface area contributed by atoms with Crippen LogP contribution in [0.3, 0.4) is 0 Å². The van der Waals surface area contributed by atoms with Gasteiger partial charge in [-0.3, -0.25) is 9.59 Å². The number of nitrogens with one attached hydrogen (secondary N) is 1. The third-order valence-corrected chi connectivity index (χ3v) is 5.52. The number of carbonyl (C=O) groups is 2. The molecule has 1 aliphatic rings. The van der Waals surface area contributed by atoms with Crippen LogP contribution in [-0.4, -0.2) is 21.5 Å². The van der Waals surface area contributed by atoms with Crippen LogP contribution in [0.4, 0.5) is 5.82 Å². The highest BCUT2D eigenvalue weighted by Gasteiger charge is 2.36. The minimum atomic E-state index is -0.528. The first-order valence-corrected chi connectivity index (χ1v) is 9.84. The molecule has 0 saturated heterocycles. The molecule has 29 heavy (non-hydrogen) atoms. The van der Waals surface area contributed by atoms with Gasteiger partial charge in [0, 0.05) is 17.5 Å². The molecular weight excluding hydrogens is 362 g/mol. The summed E-state index contributed by atoms with van der Waals surface area (Å²) in [7, 11) is 0. The minimum Gasteiger partial charge on any atom is -0.310 e. The van der Waals surface area contributed by atoms with Gasteiger partial charge in [0.05, 0.1) is 17.3 Å². The quantitative estimate of drug-likeness (QED) is 0.661. The van der Waals surface area contributed by atoms with E-state index in [1.54, 1.807) is 4.68 Å². The summed E-state index contributed by atoms with van der Waals surface area (Å²) in [4.78, 5) is 26.0. The van der Waals surface area contributed by atoms with E-state index in [0.29, 0.717) is 11.4 Å². The Balaban J connectivity index is 1.85. The average Bonchev–Trinajstić information content (AvgIpc) is 2.96. The van der Waals surface area contributed by atoms with Crippen LogP contribution in [0.5, 0.6) is 0 Å². The van der Waals surface area contributed by atoms with Crippen molar-refractivity contribution in [3.05, 3.63) is 75.5 Å². The van der Waals surface area contributed by atoms with Crippen LogP contribution in [0.25, 0.3) is 5.69 Å². The van der Waals surface area contributed by atoms with Gasteiger partial charge in [-0.2, -0.15) is 5.10 Å². The molecular formula is C24H25N3O2. The Morgan fingerprint density at radius 1 is 1.00 bits per heavy atom. The molecule has 0 spiro atoms. The van der Waals surface area contributed by atoms with Gasteiger partial charge in [-0.25, -0.2) is 4.68 Å². The van der Waals surface area contributed by atoms with Crippen LogP contribution in [0.1, 0.15) is 56.2 Å². The summed E-state index contributed by atoms with van der Waals surface area (Å²) >= 11 is 0.